The first-order valence-electron chi connectivity index (χ1n) is 8.13. The maximum atomic E-state index is 12.4. The van der Waals surface area contributed by atoms with Crippen molar-refractivity contribution in [3.63, 3.8) is 0 Å². The summed E-state index contributed by atoms with van der Waals surface area (Å²) in [6.45, 7) is 5.02. The third kappa shape index (κ3) is 4.89. The van der Waals surface area contributed by atoms with Crippen LogP contribution in [0.15, 0.2) is 47.4 Å². The number of aromatic nitrogens is 1. The minimum Gasteiger partial charge on any atom is -0.451 e. The van der Waals surface area contributed by atoms with Crippen molar-refractivity contribution in [2.24, 2.45) is 5.92 Å². The monoisotopic (exact) mass is 356 g/mol. The third-order valence-electron chi connectivity index (χ3n) is 3.63. The Morgan fingerprint density at radius 1 is 1.00 bits per heavy atom. The molecule has 1 atom stereocenters. The standard InChI is InChI=1S/C19H20N2O5/c1-11(2)18(24)21-15-6-4-13(5-7-15)17(23)12(3)26-19(25)14-8-9-20-16(22)10-14/h4-12H,1-3H3,(H,20,22)(H,21,24). The first-order valence-corrected chi connectivity index (χ1v) is 8.13. The van der Waals surface area contributed by atoms with Crippen LogP contribution >= 0.6 is 0 Å². The SMILES string of the molecule is CC(C)C(=O)Nc1ccc(C(=O)C(C)OC(=O)c2cc[nH]c(=O)c2)cc1. The van der Waals surface area contributed by atoms with Crippen molar-refractivity contribution < 1.29 is 19.1 Å². The van der Waals surface area contributed by atoms with Gasteiger partial charge in [-0.15, -0.1) is 0 Å². The number of benzene rings is 1. The highest BCUT2D eigenvalue weighted by Crippen LogP contribution is 2.14. The molecular formula is C19H20N2O5. The second-order valence-electron chi connectivity index (χ2n) is 6.07. The van der Waals surface area contributed by atoms with Crippen LogP contribution in [0.3, 0.4) is 0 Å². The van der Waals surface area contributed by atoms with E-state index < -0.39 is 17.6 Å². The van der Waals surface area contributed by atoms with Gasteiger partial charge in [-0.05, 0) is 37.3 Å². The predicted octanol–water partition coefficient (Wildman–Crippen LogP) is 2.40. The zero-order valence-corrected chi connectivity index (χ0v) is 14.7. The quantitative estimate of drug-likeness (QED) is 0.611. The summed E-state index contributed by atoms with van der Waals surface area (Å²) in [5.41, 5.74) is 0.560. The normalized spacial score (nSPS) is 11.7. The van der Waals surface area contributed by atoms with Crippen LogP contribution in [0.5, 0.6) is 0 Å². The van der Waals surface area contributed by atoms with Crippen molar-refractivity contribution in [3.8, 4) is 0 Å². The molecule has 0 saturated carbocycles. The van der Waals surface area contributed by atoms with Gasteiger partial charge in [0.25, 0.3) is 0 Å². The smallest absolute Gasteiger partial charge is 0.339 e. The Labute approximate surface area is 150 Å². The Balaban J connectivity index is 2.02. The molecule has 7 nitrogen and oxygen atoms in total. The lowest BCUT2D eigenvalue weighted by atomic mass is 10.1. The van der Waals surface area contributed by atoms with E-state index in [0.717, 1.165) is 6.07 Å². The lowest BCUT2D eigenvalue weighted by Crippen LogP contribution is -2.25. The van der Waals surface area contributed by atoms with Crippen molar-refractivity contribution in [2.75, 3.05) is 5.32 Å². The molecule has 2 rings (SSSR count). The Morgan fingerprint density at radius 3 is 2.23 bits per heavy atom. The van der Waals surface area contributed by atoms with Crippen molar-refractivity contribution >= 4 is 23.3 Å². The second-order valence-corrected chi connectivity index (χ2v) is 6.07. The molecule has 0 saturated heterocycles. The molecule has 1 unspecified atom stereocenters. The zero-order valence-electron chi connectivity index (χ0n) is 14.7. The number of aromatic amines is 1. The fourth-order valence-corrected chi connectivity index (χ4v) is 2.09. The van der Waals surface area contributed by atoms with Crippen molar-refractivity contribution in [3.05, 3.63) is 64.1 Å². The lowest BCUT2D eigenvalue weighted by molar-refractivity contribution is -0.118. The summed E-state index contributed by atoms with van der Waals surface area (Å²) in [6, 6.07) is 8.82. The Hall–Kier alpha value is -3.22. The van der Waals surface area contributed by atoms with E-state index >= 15 is 0 Å². The molecule has 2 aromatic rings. The Morgan fingerprint density at radius 2 is 1.65 bits per heavy atom. The zero-order chi connectivity index (χ0) is 19.3. The largest absolute Gasteiger partial charge is 0.451 e. The summed E-state index contributed by atoms with van der Waals surface area (Å²) in [5, 5.41) is 2.73. The van der Waals surface area contributed by atoms with Crippen molar-refractivity contribution in [2.45, 2.75) is 26.9 Å². The number of hydrogen-bond donors (Lipinski definition) is 2. The Kier molecular flexibility index (Phi) is 6.06. The van der Waals surface area contributed by atoms with Gasteiger partial charge in [0, 0.05) is 29.4 Å². The number of esters is 1. The number of pyridine rings is 1. The number of anilines is 1. The molecule has 0 bridgehead atoms. The number of hydrogen-bond acceptors (Lipinski definition) is 5. The number of rotatable bonds is 6. The number of H-pyrrole nitrogens is 1. The summed E-state index contributed by atoms with van der Waals surface area (Å²) >= 11 is 0. The van der Waals surface area contributed by atoms with Crippen LogP contribution in [0.1, 0.15) is 41.5 Å². The molecular weight excluding hydrogens is 336 g/mol. The second kappa shape index (κ2) is 8.24. The minimum absolute atomic E-state index is 0.0696. The first kappa shape index (κ1) is 19.1. The number of ether oxygens (including phenoxy) is 1. The third-order valence-corrected chi connectivity index (χ3v) is 3.63. The molecule has 1 aromatic heterocycles. The Bertz CT molecular complexity index is 868. The molecule has 1 aromatic carbocycles. The number of amides is 1. The number of carbonyl (C=O) groups excluding carboxylic acids is 3. The van der Waals surface area contributed by atoms with E-state index in [2.05, 4.69) is 10.3 Å². The van der Waals surface area contributed by atoms with Gasteiger partial charge in [0.15, 0.2) is 6.10 Å². The van der Waals surface area contributed by atoms with E-state index in [9.17, 15) is 19.2 Å². The molecule has 26 heavy (non-hydrogen) atoms. The molecule has 0 aliphatic rings. The average molecular weight is 356 g/mol. The lowest BCUT2D eigenvalue weighted by Gasteiger charge is -2.13. The number of carbonyl (C=O) groups is 3. The molecule has 0 aliphatic carbocycles. The minimum atomic E-state index is -1.02. The maximum Gasteiger partial charge on any atom is 0.339 e. The highest BCUT2D eigenvalue weighted by atomic mass is 16.5. The summed E-state index contributed by atoms with van der Waals surface area (Å²) in [6.07, 6.45) is 0.313. The van der Waals surface area contributed by atoms with E-state index in [1.807, 2.05) is 0 Å². The number of nitrogens with one attached hydrogen (secondary N) is 2. The highest BCUT2D eigenvalue weighted by Gasteiger charge is 2.20. The maximum absolute atomic E-state index is 12.4. The van der Waals surface area contributed by atoms with Crippen molar-refractivity contribution in [1.29, 1.82) is 0 Å². The van der Waals surface area contributed by atoms with Crippen LogP contribution in [-0.2, 0) is 9.53 Å². The van der Waals surface area contributed by atoms with Crippen LogP contribution in [0.25, 0.3) is 0 Å². The van der Waals surface area contributed by atoms with E-state index in [1.165, 1.54) is 19.2 Å². The van der Waals surface area contributed by atoms with Gasteiger partial charge in [-0.25, -0.2) is 4.79 Å². The van der Waals surface area contributed by atoms with Crippen molar-refractivity contribution in [1.82, 2.24) is 4.98 Å². The molecule has 1 amide bonds. The summed E-state index contributed by atoms with van der Waals surface area (Å²) in [7, 11) is 0. The van der Waals surface area contributed by atoms with Gasteiger partial charge in [0.1, 0.15) is 0 Å². The van der Waals surface area contributed by atoms with Gasteiger partial charge in [-0.3, -0.25) is 14.4 Å². The summed E-state index contributed by atoms with van der Waals surface area (Å²) < 4.78 is 5.12. The fourth-order valence-electron chi connectivity index (χ4n) is 2.09. The van der Waals surface area contributed by atoms with Crippen LogP contribution in [0.2, 0.25) is 0 Å². The molecule has 1 heterocycles. The van der Waals surface area contributed by atoms with Gasteiger partial charge in [-0.2, -0.15) is 0 Å². The van der Waals surface area contributed by atoms with Gasteiger partial charge in [0.05, 0.1) is 5.56 Å². The van der Waals surface area contributed by atoms with E-state index in [0.29, 0.717) is 11.3 Å². The average Bonchev–Trinajstić information content (AvgIpc) is 2.61. The first-order chi connectivity index (χ1) is 12.3. The van der Waals surface area contributed by atoms with E-state index in [-0.39, 0.29) is 23.2 Å². The van der Waals surface area contributed by atoms with Gasteiger partial charge < -0.3 is 15.0 Å². The molecule has 0 spiro atoms. The van der Waals surface area contributed by atoms with E-state index in [1.54, 1.807) is 38.1 Å². The molecule has 0 aliphatic heterocycles. The fraction of sp³-hybridized carbons (Fsp3) is 0.263. The molecule has 0 radical (unpaired) electrons. The molecule has 136 valence electrons. The molecule has 7 heteroatoms. The van der Waals surface area contributed by atoms with Gasteiger partial charge in [0.2, 0.25) is 17.2 Å². The highest BCUT2D eigenvalue weighted by molar-refractivity contribution is 6.02. The van der Waals surface area contributed by atoms with Crippen LogP contribution in [0.4, 0.5) is 5.69 Å². The van der Waals surface area contributed by atoms with Crippen LogP contribution in [0, 0.1) is 5.92 Å². The number of ketones is 1. The molecule has 2 N–H and O–H groups in total. The topological polar surface area (TPSA) is 105 Å². The van der Waals surface area contributed by atoms with Gasteiger partial charge in [-0.1, -0.05) is 13.8 Å². The number of Topliss-reactive ketones (excluding diaryl/α,β-unsaturated/α-hetero) is 1. The summed E-state index contributed by atoms with van der Waals surface area (Å²) in [4.78, 5) is 49.7. The predicted molar refractivity (Wildman–Crippen MR) is 96.2 cm³/mol. The van der Waals surface area contributed by atoms with Crippen LogP contribution < -0.4 is 10.9 Å². The van der Waals surface area contributed by atoms with E-state index in [4.69, 9.17) is 4.74 Å². The van der Waals surface area contributed by atoms with Gasteiger partial charge >= 0.3 is 5.97 Å². The molecule has 0 fully saturated rings. The summed E-state index contributed by atoms with van der Waals surface area (Å²) in [5.74, 6) is -1.41. The van der Waals surface area contributed by atoms with Crippen LogP contribution in [-0.4, -0.2) is 28.7 Å².